The molecule has 4 heteroatoms. The van der Waals surface area contributed by atoms with Crippen molar-refractivity contribution in [1.29, 1.82) is 5.26 Å². The number of fused-ring (bicyclic) bond motifs is 10. The molecule has 0 unspecified atom stereocenters. The summed E-state index contributed by atoms with van der Waals surface area (Å²) in [4.78, 5) is 0. The second kappa shape index (κ2) is 9.71. The third-order valence-electron chi connectivity index (χ3n) is 9.58. The van der Waals surface area contributed by atoms with Gasteiger partial charge in [0.2, 0.25) is 0 Å². The molecule has 0 aliphatic carbocycles. The van der Waals surface area contributed by atoms with Crippen LogP contribution in [0.2, 0.25) is 0 Å². The van der Waals surface area contributed by atoms with Crippen LogP contribution in [0.25, 0.3) is 88.1 Å². The van der Waals surface area contributed by atoms with E-state index in [1.54, 1.807) is 0 Å². The van der Waals surface area contributed by atoms with Gasteiger partial charge >= 0.3 is 0 Å². The highest BCUT2D eigenvalue weighted by atomic mass is 16.3. The summed E-state index contributed by atoms with van der Waals surface area (Å²) in [5.74, 6) is 0. The van der Waals surface area contributed by atoms with Gasteiger partial charge in [0.1, 0.15) is 11.2 Å². The third-order valence-corrected chi connectivity index (χ3v) is 9.58. The largest absolute Gasteiger partial charge is 0.456 e. The Bertz CT molecular complexity index is 2860. The molecule has 10 aromatic rings. The molecule has 0 N–H and O–H groups in total. The predicted octanol–water partition coefficient (Wildman–Crippen LogP) is 11.3. The molecule has 0 saturated carbocycles. The molecule has 7 aromatic carbocycles. The van der Waals surface area contributed by atoms with Crippen molar-refractivity contribution in [3.63, 3.8) is 0 Å². The van der Waals surface area contributed by atoms with Crippen LogP contribution in [0.1, 0.15) is 5.56 Å². The first kappa shape index (κ1) is 25.7. The van der Waals surface area contributed by atoms with Crippen molar-refractivity contribution in [2.24, 2.45) is 0 Å². The lowest BCUT2D eigenvalue weighted by molar-refractivity contribution is 0.669. The summed E-state index contributed by atoms with van der Waals surface area (Å²) in [6, 6.07) is 55.2. The van der Waals surface area contributed by atoms with Gasteiger partial charge in [0.15, 0.2) is 0 Å². The normalized spacial score (nSPS) is 11.8. The Labute approximate surface area is 269 Å². The molecule has 0 amide bonds. The monoisotopic (exact) mass is 599 g/mol. The number of rotatable bonds is 3. The van der Waals surface area contributed by atoms with Crippen LogP contribution in [-0.2, 0) is 0 Å². The predicted molar refractivity (Wildman–Crippen MR) is 193 cm³/mol. The van der Waals surface area contributed by atoms with E-state index in [0.717, 1.165) is 66.5 Å². The standard InChI is InChI=1S/C43H25N3O/c44-26-28-25-30(46-36-13-5-1-9-32(36)33-10-2-6-14-37(33)46)21-22-31(28)27-17-19-29(20-18-27)45-38-15-7-3-11-34(38)42-39(45)23-24-41-43(42)35-12-4-8-16-40(35)47-41/h1-25H. The summed E-state index contributed by atoms with van der Waals surface area (Å²) < 4.78 is 10.8. The van der Waals surface area contributed by atoms with E-state index >= 15 is 0 Å². The van der Waals surface area contributed by atoms with Crippen LogP contribution in [0.4, 0.5) is 0 Å². The first-order valence-corrected chi connectivity index (χ1v) is 15.8. The molecule has 0 spiro atoms. The van der Waals surface area contributed by atoms with E-state index in [-0.39, 0.29) is 0 Å². The Hall–Kier alpha value is -6.57. The number of para-hydroxylation sites is 4. The Morgan fingerprint density at radius 1 is 0.447 bits per heavy atom. The number of nitriles is 1. The van der Waals surface area contributed by atoms with Crippen LogP contribution in [0, 0.1) is 11.3 Å². The van der Waals surface area contributed by atoms with Gasteiger partial charge in [-0.15, -0.1) is 0 Å². The first-order chi connectivity index (χ1) is 23.3. The van der Waals surface area contributed by atoms with Gasteiger partial charge in [-0.25, -0.2) is 0 Å². The highest BCUT2D eigenvalue weighted by Gasteiger charge is 2.19. The molecule has 47 heavy (non-hydrogen) atoms. The summed E-state index contributed by atoms with van der Waals surface area (Å²) in [6.07, 6.45) is 0. The molecule has 0 fully saturated rings. The zero-order valence-corrected chi connectivity index (χ0v) is 25.2. The van der Waals surface area contributed by atoms with E-state index in [4.69, 9.17) is 4.42 Å². The van der Waals surface area contributed by atoms with Crippen LogP contribution in [0.3, 0.4) is 0 Å². The van der Waals surface area contributed by atoms with E-state index in [9.17, 15) is 5.26 Å². The van der Waals surface area contributed by atoms with E-state index in [2.05, 4.69) is 149 Å². The van der Waals surface area contributed by atoms with Gasteiger partial charge in [0.05, 0.1) is 33.7 Å². The highest BCUT2D eigenvalue weighted by molar-refractivity contribution is 6.27. The maximum absolute atomic E-state index is 10.3. The van der Waals surface area contributed by atoms with Crippen LogP contribution >= 0.6 is 0 Å². The number of aromatic nitrogens is 2. The summed E-state index contributed by atoms with van der Waals surface area (Å²) in [5.41, 5.74) is 10.9. The molecule has 0 saturated heterocycles. The number of nitrogens with zero attached hydrogens (tertiary/aromatic N) is 3. The fourth-order valence-electron chi connectivity index (χ4n) is 7.56. The molecule has 218 valence electrons. The van der Waals surface area contributed by atoms with Crippen LogP contribution in [0.15, 0.2) is 156 Å². The van der Waals surface area contributed by atoms with Gasteiger partial charge in [-0.1, -0.05) is 91.0 Å². The van der Waals surface area contributed by atoms with Gasteiger partial charge < -0.3 is 13.6 Å². The molecular weight excluding hydrogens is 574 g/mol. The van der Waals surface area contributed by atoms with Crippen molar-refractivity contribution in [2.75, 3.05) is 0 Å². The van der Waals surface area contributed by atoms with Crippen molar-refractivity contribution in [3.05, 3.63) is 157 Å². The minimum absolute atomic E-state index is 0.642. The fraction of sp³-hybridized carbons (Fsp3) is 0. The summed E-state index contributed by atoms with van der Waals surface area (Å²) in [7, 11) is 0. The quantitative estimate of drug-likeness (QED) is 0.203. The van der Waals surface area contributed by atoms with E-state index in [1.165, 1.54) is 21.5 Å². The highest BCUT2D eigenvalue weighted by Crippen LogP contribution is 2.41. The average Bonchev–Trinajstić information content (AvgIpc) is 3.79. The van der Waals surface area contributed by atoms with Gasteiger partial charge in [-0.2, -0.15) is 5.26 Å². The summed E-state index contributed by atoms with van der Waals surface area (Å²) >= 11 is 0. The van der Waals surface area contributed by atoms with Gasteiger partial charge in [0, 0.05) is 43.7 Å². The minimum Gasteiger partial charge on any atom is -0.456 e. The third kappa shape index (κ3) is 3.63. The number of hydrogen-bond donors (Lipinski definition) is 0. The zero-order chi connectivity index (χ0) is 31.1. The van der Waals surface area contributed by atoms with Crippen molar-refractivity contribution in [1.82, 2.24) is 9.13 Å². The molecule has 4 nitrogen and oxygen atoms in total. The maximum Gasteiger partial charge on any atom is 0.136 e. The van der Waals surface area contributed by atoms with E-state index < -0.39 is 0 Å². The molecule has 10 rings (SSSR count). The van der Waals surface area contributed by atoms with Crippen LogP contribution < -0.4 is 0 Å². The van der Waals surface area contributed by atoms with Crippen LogP contribution in [0.5, 0.6) is 0 Å². The molecule has 0 bridgehead atoms. The van der Waals surface area contributed by atoms with E-state index in [0.29, 0.717) is 5.56 Å². The fourth-order valence-corrected chi connectivity index (χ4v) is 7.56. The lowest BCUT2D eigenvalue weighted by atomic mass is 9.99. The molecule has 3 heterocycles. The molecule has 0 aliphatic rings. The summed E-state index contributed by atoms with van der Waals surface area (Å²) in [6.45, 7) is 0. The Kier molecular flexibility index (Phi) is 5.32. The van der Waals surface area contributed by atoms with Crippen molar-refractivity contribution < 1.29 is 4.42 Å². The Morgan fingerprint density at radius 2 is 1.02 bits per heavy atom. The topological polar surface area (TPSA) is 46.8 Å². The van der Waals surface area contributed by atoms with Gasteiger partial charge in [-0.3, -0.25) is 0 Å². The minimum atomic E-state index is 0.642. The lowest BCUT2D eigenvalue weighted by Crippen LogP contribution is -1.96. The second-order valence-corrected chi connectivity index (χ2v) is 12.0. The smallest absolute Gasteiger partial charge is 0.136 e. The molecule has 0 atom stereocenters. The first-order valence-electron chi connectivity index (χ1n) is 15.8. The van der Waals surface area contributed by atoms with Crippen molar-refractivity contribution in [3.8, 4) is 28.6 Å². The number of benzene rings is 7. The SMILES string of the molecule is N#Cc1cc(-n2c3ccccc3c3ccccc32)ccc1-c1ccc(-n2c3ccccc3c3c4c(ccc32)oc2ccccc24)cc1. The van der Waals surface area contributed by atoms with Crippen molar-refractivity contribution >= 4 is 65.6 Å². The van der Waals surface area contributed by atoms with Gasteiger partial charge in [0.25, 0.3) is 0 Å². The summed E-state index contributed by atoms with van der Waals surface area (Å²) in [5, 5.41) is 17.4. The van der Waals surface area contributed by atoms with Crippen LogP contribution in [-0.4, -0.2) is 9.13 Å². The average molecular weight is 600 g/mol. The molecule has 3 aromatic heterocycles. The molecule has 0 radical (unpaired) electrons. The molecular formula is C43H25N3O. The number of furan rings is 1. The second-order valence-electron chi connectivity index (χ2n) is 12.0. The van der Waals surface area contributed by atoms with Crippen molar-refractivity contribution in [2.45, 2.75) is 0 Å². The number of hydrogen-bond acceptors (Lipinski definition) is 2. The maximum atomic E-state index is 10.3. The Morgan fingerprint density at radius 3 is 1.72 bits per heavy atom. The Balaban J connectivity index is 1.12. The lowest BCUT2D eigenvalue weighted by Gasteiger charge is -2.12. The van der Waals surface area contributed by atoms with E-state index in [1.807, 2.05) is 18.2 Å². The van der Waals surface area contributed by atoms with Gasteiger partial charge in [-0.05, 0) is 71.8 Å². The molecule has 0 aliphatic heterocycles. The zero-order valence-electron chi connectivity index (χ0n) is 25.2.